The van der Waals surface area contributed by atoms with Crippen LogP contribution in [0.15, 0.2) is 36.5 Å². The number of rotatable bonds is 2. The van der Waals surface area contributed by atoms with E-state index in [2.05, 4.69) is 22.5 Å². The molecule has 1 aromatic carbocycles. The number of benzene rings is 1. The number of nitrogens with zero attached hydrogens (tertiary/aromatic N) is 1. The van der Waals surface area contributed by atoms with Crippen molar-refractivity contribution < 1.29 is 4.79 Å². The van der Waals surface area contributed by atoms with Gasteiger partial charge in [0, 0.05) is 11.4 Å². The van der Waals surface area contributed by atoms with Gasteiger partial charge in [0.1, 0.15) is 0 Å². The van der Waals surface area contributed by atoms with Gasteiger partial charge in [-0.2, -0.15) is 0 Å². The molecule has 4 heteroatoms. The molecule has 1 saturated heterocycles. The highest BCUT2D eigenvalue weighted by Crippen LogP contribution is 2.20. The summed E-state index contributed by atoms with van der Waals surface area (Å²) < 4.78 is 0. The van der Waals surface area contributed by atoms with Crippen molar-refractivity contribution in [1.29, 1.82) is 0 Å². The van der Waals surface area contributed by atoms with Gasteiger partial charge in [-0.05, 0) is 32.0 Å². The number of hydrogen-bond donors (Lipinski definition) is 2. The van der Waals surface area contributed by atoms with E-state index in [4.69, 9.17) is 0 Å². The Bertz CT molecular complexity index is 611. The molecule has 0 bridgehead atoms. The van der Waals surface area contributed by atoms with Crippen LogP contribution in [0.5, 0.6) is 0 Å². The molecule has 4 nitrogen and oxygen atoms in total. The largest absolute Gasteiger partial charge is 0.324 e. The molecule has 0 saturated carbocycles. The summed E-state index contributed by atoms with van der Waals surface area (Å²) in [5, 5.41) is 7.29. The number of para-hydroxylation sites is 1. The summed E-state index contributed by atoms with van der Waals surface area (Å²) in [6.45, 7) is 2.96. The van der Waals surface area contributed by atoms with Crippen LogP contribution in [0.1, 0.15) is 13.3 Å². The first kappa shape index (κ1) is 12.1. The fourth-order valence-electron chi connectivity index (χ4n) is 2.59. The molecule has 0 radical (unpaired) electrons. The number of anilines is 1. The van der Waals surface area contributed by atoms with Crippen molar-refractivity contribution >= 4 is 22.5 Å². The fraction of sp³-hybridized carbons (Fsp3) is 0.333. The SMILES string of the molecule is CC1NCCC1C(=O)Nc1cnc2ccccc2c1. The van der Waals surface area contributed by atoms with Crippen LogP contribution in [0.25, 0.3) is 10.9 Å². The van der Waals surface area contributed by atoms with E-state index in [9.17, 15) is 4.79 Å². The van der Waals surface area contributed by atoms with Crippen molar-refractivity contribution in [3.05, 3.63) is 36.5 Å². The van der Waals surface area contributed by atoms with Crippen molar-refractivity contribution in [2.24, 2.45) is 5.92 Å². The molecular weight excluding hydrogens is 238 g/mol. The zero-order valence-electron chi connectivity index (χ0n) is 10.9. The Morgan fingerprint density at radius 1 is 1.42 bits per heavy atom. The van der Waals surface area contributed by atoms with E-state index in [0.29, 0.717) is 0 Å². The lowest BCUT2D eigenvalue weighted by Crippen LogP contribution is -2.32. The molecule has 1 aromatic heterocycles. The number of amides is 1. The Balaban J connectivity index is 1.79. The van der Waals surface area contributed by atoms with Crippen LogP contribution in [-0.2, 0) is 4.79 Å². The summed E-state index contributed by atoms with van der Waals surface area (Å²) in [5.74, 6) is 0.126. The third-order valence-electron chi connectivity index (χ3n) is 3.72. The van der Waals surface area contributed by atoms with Gasteiger partial charge in [0.25, 0.3) is 0 Å². The highest BCUT2D eigenvalue weighted by molar-refractivity contribution is 5.95. The van der Waals surface area contributed by atoms with E-state index in [0.717, 1.165) is 29.6 Å². The van der Waals surface area contributed by atoms with Crippen molar-refractivity contribution in [2.45, 2.75) is 19.4 Å². The summed E-state index contributed by atoms with van der Waals surface area (Å²) in [6.07, 6.45) is 2.61. The first-order valence-corrected chi connectivity index (χ1v) is 6.63. The second-order valence-electron chi connectivity index (χ2n) is 5.04. The minimum atomic E-state index is 0.0477. The van der Waals surface area contributed by atoms with E-state index in [-0.39, 0.29) is 17.9 Å². The Labute approximate surface area is 112 Å². The Kier molecular flexibility index (Phi) is 3.17. The summed E-state index contributed by atoms with van der Waals surface area (Å²) in [7, 11) is 0. The molecule has 2 aromatic rings. The highest BCUT2D eigenvalue weighted by Gasteiger charge is 2.29. The fourth-order valence-corrected chi connectivity index (χ4v) is 2.59. The molecular formula is C15H17N3O. The van der Waals surface area contributed by atoms with Crippen LogP contribution in [-0.4, -0.2) is 23.5 Å². The Morgan fingerprint density at radius 3 is 3.05 bits per heavy atom. The first-order chi connectivity index (χ1) is 9.24. The first-order valence-electron chi connectivity index (χ1n) is 6.63. The van der Waals surface area contributed by atoms with Gasteiger partial charge in [-0.25, -0.2) is 0 Å². The van der Waals surface area contributed by atoms with Crippen molar-refractivity contribution in [3.8, 4) is 0 Å². The maximum absolute atomic E-state index is 12.2. The third-order valence-corrected chi connectivity index (χ3v) is 3.72. The molecule has 3 rings (SSSR count). The van der Waals surface area contributed by atoms with Gasteiger partial charge >= 0.3 is 0 Å². The molecule has 0 aliphatic carbocycles. The van der Waals surface area contributed by atoms with Crippen LogP contribution in [0.2, 0.25) is 0 Å². The number of nitrogens with one attached hydrogen (secondary N) is 2. The van der Waals surface area contributed by atoms with Crippen LogP contribution >= 0.6 is 0 Å². The molecule has 2 unspecified atom stereocenters. The van der Waals surface area contributed by atoms with Gasteiger partial charge in [-0.1, -0.05) is 18.2 Å². The van der Waals surface area contributed by atoms with E-state index >= 15 is 0 Å². The molecule has 1 fully saturated rings. The minimum absolute atomic E-state index is 0.0477. The Morgan fingerprint density at radius 2 is 2.26 bits per heavy atom. The summed E-state index contributed by atoms with van der Waals surface area (Å²) >= 11 is 0. The lowest BCUT2D eigenvalue weighted by Gasteiger charge is -2.14. The van der Waals surface area contributed by atoms with Gasteiger partial charge in [-0.15, -0.1) is 0 Å². The monoisotopic (exact) mass is 255 g/mol. The average Bonchev–Trinajstić information content (AvgIpc) is 2.85. The molecule has 98 valence electrons. The molecule has 2 heterocycles. The van der Waals surface area contributed by atoms with Crippen LogP contribution in [0, 0.1) is 5.92 Å². The van der Waals surface area contributed by atoms with Gasteiger partial charge in [0.15, 0.2) is 0 Å². The van der Waals surface area contributed by atoms with Gasteiger partial charge in [0.05, 0.1) is 23.3 Å². The summed E-state index contributed by atoms with van der Waals surface area (Å²) in [5.41, 5.74) is 1.71. The van der Waals surface area contributed by atoms with E-state index in [1.165, 1.54) is 0 Å². The number of aromatic nitrogens is 1. The molecule has 1 amide bonds. The van der Waals surface area contributed by atoms with Crippen LogP contribution in [0.4, 0.5) is 5.69 Å². The van der Waals surface area contributed by atoms with E-state index < -0.39 is 0 Å². The average molecular weight is 255 g/mol. The molecule has 1 aliphatic heterocycles. The second kappa shape index (κ2) is 4.97. The normalized spacial score (nSPS) is 22.6. The van der Waals surface area contributed by atoms with E-state index in [1.54, 1.807) is 6.20 Å². The van der Waals surface area contributed by atoms with Crippen LogP contribution < -0.4 is 10.6 Å². The van der Waals surface area contributed by atoms with Crippen molar-refractivity contribution in [2.75, 3.05) is 11.9 Å². The molecule has 0 spiro atoms. The standard InChI is InChI=1S/C15H17N3O/c1-10-13(6-7-16-10)15(19)18-12-8-11-4-2-3-5-14(11)17-9-12/h2-5,8-10,13,16H,6-7H2,1H3,(H,18,19). The predicted octanol–water partition coefficient (Wildman–Crippen LogP) is 2.17. The second-order valence-corrected chi connectivity index (χ2v) is 5.04. The number of carbonyl (C=O) groups is 1. The zero-order valence-corrected chi connectivity index (χ0v) is 10.9. The Hall–Kier alpha value is -1.94. The van der Waals surface area contributed by atoms with Crippen molar-refractivity contribution in [3.63, 3.8) is 0 Å². The van der Waals surface area contributed by atoms with Crippen LogP contribution in [0.3, 0.4) is 0 Å². The molecule has 2 N–H and O–H groups in total. The smallest absolute Gasteiger partial charge is 0.229 e. The number of hydrogen-bond acceptors (Lipinski definition) is 3. The van der Waals surface area contributed by atoms with Gasteiger partial charge in [-0.3, -0.25) is 9.78 Å². The lowest BCUT2D eigenvalue weighted by molar-refractivity contribution is -0.120. The molecule has 19 heavy (non-hydrogen) atoms. The highest BCUT2D eigenvalue weighted by atomic mass is 16.1. The lowest BCUT2D eigenvalue weighted by atomic mass is 10.0. The predicted molar refractivity (Wildman–Crippen MR) is 75.9 cm³/mol. The third kappa shape index (κ3) is 2.44. The summed E-state index contributed by atoms with van der Waals surface area (Å²) in [6, 6.07) is 10.1. The topological polar surface area (TPSA) is 54.0 Å². The summed E-state index contributed by atoms with van der Waals surface area (Å²) in [4.78, 5) is 16.5. The number of fused-ring (bicyclic) bond motifs is 1. The van der Waals surface area contributed by atoms with E-state index in [1.807, 2.05) is 30.3 Å². The zero-order chi connectivity index (χ0) is 13.2. The van der Waals surface area contributed by atoms with Gasteiger partial charge < -0.3 is 10.6 Å². The molecule has 2 atom stereocenters. The minimum Gasteiger partial charge on any atom is -0.324 e. The van der Waals surface area contributed by atoms with Gasteiger partial charge in [0.2, 0.25) is 5.91 Å². The number of carbonyl (C=O) groups excluding carboxylic acids is 1. The quantitative estimate of drug-likeness (QED) is 0.864. The number of pyridine rings is 1. The van der Waals surface area contributed by atoms with Crippen molar-refractivity contribution in [1.82, 2.24) is 10.3 Å². The maximum atomic E-state index is 12.2. The maximum Gasteiger partial charge on any atom is 0.229 e. The molecule has 1 aliphatic rings.